The zero-order valence-corrected chi connectivity index (χ0v) is 22.0. The van der Waals surface area contributed by atoms with Gasteiger partial charge < -0.3 is 19.3 Å². The second kappa shape index (κ2) is 9.67. The summed E-state index contributed by atoms with van der Waals surface area (Å²) in [5.74, 6) is 0.651. The van der Waals surface area contributed by atoms with Gasteiger partial charge in [0.15, 0.2) is 11.7 Å². The monoisotopic (exact) mass is 519 g/mol. The second-order valence-electron chi connectivity index (χ2n) is 10.2. The predicted octanol–water partition coefficient (Wildman–Crippen LogP) is 4.27. The van der Waals surface area contributed by atoms with Gasteiger partial charge in [0.25, 0.3) is 5.91 Å². The van der Waals surface area contributed by atoms with Crippen LogP contribution in [0.25, 0.3) is 11.3 Å². The van der Waals surface area contributed by atoms with Crippen LogP contribution in [-0.4, -0.2) is 71.9 Å². The third-order valence-electron chi connectivity index (χ3n) is 6.57. The smallest absolute Gasteiger partial charge is 0.410 e. The van der Waals surface area contributed by atoms with Crippen molar-refractivity contribution in [1.82, 2.24) is 14.9 Å². The molecule has 8 nitrogen and oxygen atoms in total. The molecule has 0 spiro atoms. The SMILES string of the molecule is CC(C)(C)OC(=O)N1CCCC([n+]2[nH]c(C(=O)N3CCOCC3)c3c2-c2cccc(Cl)c2SC3)C1. The van der Waals surface area contributed by atoms with Crippen molar-refractivity contribution in [1.29, 1.82) is 0 Å². The standard InChI is InChI=1S/C25H31ClN4O4S/c1-25(2,3)34-24(32)29-9-5-6-16(14-29)30-21-17-7-4-8-19(26)22(17)35-15-18(21)20(27-30)23(31)28-10-12-33-13-11-28/h4,7-8,16H,5-6,9-15H2,1-3H3/p+1. The quantitative estimate of drug-likeness (QED) is 0.599. The Labute approximate surface area is 214 Å². The lowest BCUT2D eigenvalue weighted by atomic mass is 10.0. The molecule has 10 heteroatoms. The number of amides is 2. The number of ether oxygens (including phenoxy) is 2. The fourth-order valence-corrected chi connectivity index (χ4v) is 6.39. The van der Waals surface area contributed by atoms with E-state index in [1.807, 2.05) is 37.8 Å². The summed E-state index contributed by atoms with van der Waals surface area (Å²) in [5.41, 5.74) is 3.09. The van der Waals surface area contributed by atoms with Crippen molar-refractivity contribution in [2.45, 2.75) is 55.9 Å². The Morgan fingerprint density at radius 1 is 1.20 bits per heavy atom. The predicted molar refractivity (Wildman–Crippen MR) is 134 cm³/mol. The topological polar surface area (TPSA) is 78.8 Å². The van der Waals surface area contributed by atoms with E-state index in [9.17, 15) is 9.59 Å². The summed E-state index contributed by atoms with van der Waals surface area (Å²) in [4.78, 5) is 31.1. The number of carbonyl (C=O) groups is 2. The number of rotatable bonds is 2. The number of nitrogens with one attached hydrogen (secondary N) is 1. The summed E-state index contributed by atoms with van der Waals surface area (Å²) >= 11 is 8.23. The number of likely N-dealkylation sites (tertiary alicyclic amines) is 1. The van der Waals surface area contributed by atoms with Crippen LogP contribution in [0.5, 0.6) is 0 Å². The van der Waals surface area contributed by atoms with Crippen molar-refractivity contribution in [3.8, 4) is 11.3 Å². The van der Waals surface area contributed by atoms with E-state index < -0.39 is 5.60 Å². The molecule has 0 bridgehead atoms. The van der Waals surface area contributed by atoms with Crippen LogP contribution in [0.2, 0.25) is 5.02 Å². The molecule has 1 unspecified atom stereocenters. The Kier molecular flexibility index (Phi) is 6.76. The van der Waals surface area contributed by atoms with Crippen LogP contribution in [-0.2, 0) is 15.2 Å². The molecule has 0 aliphatic carbocycles. The minimum Gasteiger partial charge on any atom is -0.444 e. The number of carbonyl (C=O) groups excluding carboxylic acids is 2. The number of thioether (sulfide) groups is 1. The van der Waals surface area contributed by atoms with Crippen molar-refractivity contribution in [2.24, 2.45) is 0 Å². The Bertz CT molecular complexity index is 1140. The molecule has 188 valence electrons. The van der Waals surface area contributed by atoms with E-state index in [2.05, 4.69) is 15.8 Å². The average molecular weight is 520 g/mol. The normalized spacial score (nSPS) is 20.3. The maximum absolute atomic E-state index is 13.6. The molecule has 1 atom stereocenters. The first-order valence-electron chi connectivity index (χ1n) is 12.2. The second-order valence-corrected chi connectivity index (χ2v) is 11.6. The summed E-state index contributed by atoms with van der Waals surface area (Å²) in [6.45, 7) is 9.08. The molecule has 1 aromatic carbocycles. The molecule has 5 rings (SSSR count). The minimum atomic E-state index is -0.548. The van der Waals surface area contributed by atoms with Gasteiger partial charge in [-0.15, -0.1) is 16.4 Å². The zero-order chi connectivity index (χ0) is 24.7. The number of hydrogen-bond donors (Lipinski definition) is 1. The van der Waals surface area contributed by atoms with E-state index >= 15 is 0 Å². The number of aromatic nitrogens is 2. The lowest BCUT2D eigenvalue weighted by Gasteiger charge is -2.31. The highest BCUT2D eigenvalue weighted by molar-refractivity contribution is 7.98. The summed E-state index contributed by atoms with van der Waals surface area (Å²) in [5, 5.41) is 4.19. The number of H-pyrrole nitrogens is 1. The third kappa shape index (κ3) is 4.90. The number of fused-ring (bicyclic) bond motifs is 3. The molecular weight excluding hydrogens is 488 g/mol. The summed E-state index contributed by atoms with van der Waals surface area (Å²) in [6.07, 6.45) is 1.45. The number of halogens is 1. The van der Waals surface area contributed by atoms with Crippen molar-refractivity contribution in [2.75, 3.05) is 39.4 Å². The van der Waals surface area contributed by atoms with Gasteiger partial charge in [-0.05, 0) is 39.3 Å². The molecule has 3 aliphatic heterocycles. The summed E-state index contributed by atoms with van der Waals surface area (Å²) < 4.78 is 13.2. The van der Waals surface area contributed by atoms with Gasteiger partial charge in [-0.3, -0.25) is 4.79 Å². The maximum Gasteiger partial charge on any atom is 0.410 e. The summed E-state index contributed by atoms with van der Waals surface area (Å²) in [7, 11) is 0. The van der Waals surface area contributed by atoms with Gasteiger partial charge in [0.1, 0.15) is 5.60 Å². The molecule has 0 radical (unpaired) electrons. The van der Waals surface area contributed by atoms with Crippen molar-refractivity contribution in [3.63, 3.8) is 0 Å². The van der Waals surface area contributed by atoms with Crippen molar-refractivity contribution in [3.05, 3.63) is 34.5 Å². The lowest BCUT2D eigenvalue weighted by Crippen LogP contribution is -2.53. The number of aromatic amines is 1. The zero-order valence-electron chi connectivity index (χ0n) is 20.4. The largest absolute Gasteiger partial charge is 0.444 e. The Morgan fingerprint density at radius 2 is 1.97 bits per heavy atom. The number of benzene rings is 1. The number of nitrogens with zero attached hydrogens (tertiary/aromatic N) is 3. The van der Waals surface area contributed by atoms with Gasteiger partial charge in [-0.25, -0.2) is 4.79 Å². The molecule has 1 N–H and O–H groups in total. The highest BCUT2D eigenvalue weighted by Crippen LogP contribution is 2.45. The third-order valence-corrected chi connectivity index (χ3v) is 8.16. The average Bonchev–Trinajstić information content (AvgIpc) is 3.24. The van der Waals surface area contributed by atoms with Gasteiger partial charge in [0.2, 0.25) is 5.69 Å². The van der Waals surface area contributed by atoms with Crippen LogP contribution >= 0.6 is 23.4 Å². The van der Waals surface area contributed by atoms with Crippen LogP contribution in [0.1, 0.15) is 55.7 Å². The van der Waals surface area contributed by atoms with Crippen LogP contribution in [0.3, 0.4) is 0 Å². The van der Waals surface area contributed by atoms with Gasteiger partial charge >= 0.3 is 6.09 Å². The Hall–Kier alpha value is -2.23. The number of morpholine rings is 1. The number of hydrogen-bond acceptors (Lipinski definition) is 5. The molecule has 2 aromatic rings. The van der Waals surface area contributed by atoms with Gasteiger partial charge in [-0.2, -0.15) is 5.10 Å². The van der Waals surface area contributed by atoms with Crippen LogP contribution in [0, 0.1) is 0 Å². The molecule has 2 amide bonds. The maximum atomic E-state index is 13.6. The molecular formula is C25H32ClN4O4S+. The fourth-order valence-electron chi connectivity index (χ4n) is 4.96. The van der Waals surface area contributed by atoms with E-state index in [0.717, 1.165) is 34.6 Å². The number of piperidine rings is 1. The van der Waals surface area contributed by atoms with E-state index in [1.54, 1.807) is 16.7 Å². The Balaban J connectivity index is 1.54. The van der Waals surface area contributed by atoms with E-state index in [-0.39, 0.29) is 18.0 Å². The van der Waals surface area contributed by atoms with Crippen molar-refractivity contribution < 1.29 is 23.7 Å². The molecule has 3 aliphatic rings. The van der Waals surface area contributed by atoms with E-state index in [4.69, 9.17) is 21.1 Å². The van der Waals surface area contributed by atoms with Crippen molar-refractivity contribution >= 4 is 35.4 Å². The first kappa shape index (κ1) is 24.5. The van der Waals surface area contributed by atoms with Gasteiger partial charge in [-0.1, -0.05) is 17.7 Å². The lowest BCUT2D eigenvalue weighted by molar-refractivity contribution is -0.765. The Morgan fingerprint density at radius 3 is 2.71 bits per heavy atom. The summed E-state index contributed by atoms with van der Waals surface area (Å²) in [6, 6.07) is 5.91. The first-order valence-corrected chi connectivity index (χ1v) is 13.5. The molecule has 0 saturated carbocycles. The fraction of sp³-hybridized carbons (Fsp3) is 0.560. The highest BCUT2D eigenvalue weighted by atomic mass is 35.5. The van der Waals surface area contributed by atoms with Crippen LogP contribution < -0.4 is 4.68 Å². The van der Waals surface area contributed by atoms with E-state index in [0.29, 0.717) is 55.9 Å². The van der Waals surface area contributed by atoms with Gasteiger partial charge in [0, 0.05) is 36.7 Å². The molecule has 35 heavy (non-hydrogen) atoms. The minimum absolute atomic E-state index is 0.00538. The molecule has 1 aromatic heterocycles. The molecule has 2 saturated heterocycles. The van der Waals surface area contributed by atoms with E-state index in [1.165, 1.54) is 0 Å². The van der Waals surface area contributed by atoms with Crippen LogP contribution in [0.4, 0.5) is 4.79 Å². The molecule has 2 fully saturated rings. The van der Waals surface area contributed by atoms with Crippen LogP contribution in [0.15, 0.2) is 23.1 Å². The first-order chi connectivity index (χ1) is 16.7. The highest BCUT2D eigenvalue weighted by Gasteiger charge is 2.42. The molecule has 4 heterocycles. The van der Waals surface area contributed by atoms with Gasteiger partial charge in [0.05, 0.1) is 35.9 Å².